The van der Waals surface area contributed by atoms with E-state index in [0.717, 1.165) is 38.6 Å². The van der Waals surface area contributed by atoms with Crippen LogP contribution >= 0.6 is 0 Å². The van der Waals surface area contributed by atoms with E-state index in [-0.39, 0.29) is 12.5 Å². The molecule has 1 saturated carbocycles. The summed E-state index contributed by atoms with van der Waals surface area (Å²) < 4.78 is 0. The number of unbranched alkanes of at least 4 members (excludes halogenated alkanes) is 2. The highest BCUT2D eigenvalue weighted by Crippen LogP contribution is 2.26. The van der Waals surface area contributed by atoms with Gasteiger partial charge in [-0.1, -0.05) is 13.3 Å². The van der Waals surface area contributed by atoms with E-state index in [1.807, 2.05) is 4.90 Å². The molecule has 2 amide bonds. The standard InChI is InChI=1S/C13H24N2O3/c1-2-10-15(11-7-8-11)13(18)14-9-5-3-4-6-12(16)17/h11H,2-10H2,1H3,(H,14,18)(H,16,17). The fraction of sp³-hybridized carbons (Fsp3) is 0.846. The van der Waals surface area contributed by atoms with Crippen molar-refractivity contribution in [2.75, 3.05) is 13.1 Å². The van der Waals surface area contributed by atoms with Crippen LogP contribution in [0.25, 0.3) is 0 Å². The van der Waals surface area contributed by atoms with Crippen LogP contribution in [0.4, 0.5) is 4.79 Å². The van der Waals surface area contributed by atoms with Crippen molar-refractivity contribution < 1.29 is 14.7 Å². The van der Waals surface area contributed by atoms with E-state index in [0.29, 0.717) is 19.0 Å². The van der Waals surface area contributed by atoms with Gasteiger partial charge in [-0.25, -0.2) is 4.79 Å². The molecule has 1 rings (SSSR count). The summed E-state index contributed by atoms with van der Waals surface area (Å²) in [5.41, 5.74) is 0. The van der Waals surface area contributed by atoms with E-state index in [2.05, 4.69) is 12.2 Å². The lowest BCUT2D eigenvalue weighted by Crippen LogP contribution is -2.42. The quantitative estimate of drug-likeness (QED) is 0.621. The second-order valence-electron chi connectivity index (χ2n) is 4.86. The van der Waals surface area contributed by atoms with Gasteiger partial charge in [-0.05, 0) is 32.1 Å². The molecule has 0 aromatic rings. The number of carbonyl (C=O) groups is 2. The fourth-order valence-corrected chi connectivity index (χ4v) is 1.95. The van der Waals surface area contributed by atoms with Crippen LogP contribution in [0.15, 0.2) is 0 Å². The summed E-state index contributed by atoms with van der Waals surface area (Å²) in [6.07, 6.45) is 5.86. The Morgan fingerprint density at radius 2 is 2.00 bits per heavy atom. The second-order valence-corrected chi connectivity index (χ2v) is 4.86. The third kappa shape index (κ3) is 5.89. The Hall–Kier alpha value is -1.26. The molecule has 18 heavy (non-hydrogen) atoms. The molecule has 0 aromatic carbocycles. The number of aliphatic carboxylic acids is 1. The summed E-state index contributed by atoms with van der Waals surface area (Å²) in [5, 5.41) is 11.4. The van der Waals surface area contributed by atoms with Crippen molar-refractivity contribution >= 4 is 12.0 Å². The van der Waals surface area contributed by atoms with Crippen molar-refractivity contribution in [1.29, 1.82) is 0 Å². The smallest absolute Gasteiger partial charge is 0.317 e. The van der Waals surface area contributed by atoms with Crippen molar-refractivity contribution in [2.45, 2.75) is 57.9 Å². The topological polar surface area (TPSA) is 69.6 Å². The number of carbonyl (C=O) groups excluding carboxylic acids is 1. The van der Waals surface area contributed by atoms with Crippen molar-refractivity contribution in [3.63, 3.8) is 0 Å². The van der Waals surface area contributed by atoms with Gasteiger partial charge in [-0.3, -0.25) is 4.79 Å². The van der Waals surface area contributed by atoms with Gasteiger partial charge in [-0.2, -0.15) is 0 Å². The number of carboxylic acids is 1. The Balaban J connectivity index is 2.06. The lowest BCUT2D eigenvalue weighted by atomic mass is 10.2. The first-order chi connectivity index (χ1) is 8.65. The fourth-order valence-electron chi connectivity index (χ4n) is 1.95. The Morgan fingerprint density at radius 1 is 1.28 bits per heavy atom. The monoisotopic (exact) mass is 256 g/mol. The molecule has 5 nitrogen and oxygen atoms in total. The predicted octanol–water partition coefficient (Wildman–Crippen LogP) is 2.22. The normalized spacial score (nSPS) is 14.3. The molecule has 0 radical (unpaired) electrons. The van der Waals surface area contributed by atoms with Crippen LogP contribution < -0.4 is 5.32 Å². The number of amides is 2. The van der Waals surface area contributed by atoms with E-state index in [9.17, 15) is 9.59 Å². The molecule has 0 bridgehead atoms. The summed E-state index contributed by atoms with van der Waals surface area (Å²) in [6, 6.07) is 0.495. The molecular formula is C13H24N2O3. The molecule has 0 atom stereocenters. The molecular weight excluding hydrogens is 232 g/mol. The summed E-state index contributed by atoms with van der Waals surface area (Å²) in [7, 11) is 0. The van der Waals surface area contributed by atoms with Crippen LogP contribution in [-0.2, 0) is 4.79 Å². The minimum absolute atomic E-state index is 0.0394. The average Bonchev–Trinajstić information content (AvgIpc) is 3.14. The number of hydrogen-bond acceptors (Lipinski definition) is 2. The summed E-state index contributed by atoms with van der Waals surface area (Å²) in [5.74, 6) is -0.748. The largest absolute Gasteiger partial charge is 0.481 e. The zero-order valence-electron chi connectivity index (χ0n) is 11.2. The van der Waals surface area contributed by atoms with Gasteiger partial charge < -0.3 is 15.3 Å². The zero-order chi connectivity index (χ0) is 13.4. The molecule has 1 fully saturated rings. The molecule has 0 aromatic heterocycles. The number of carboxylic acid groups (broad SMARTS) is 1. The molecule has 0 heterocycles. The van der Waals surface area contributed by atoms with Crippen LogP contribution in [0.1, 0.15) is 51.9 Å². The van der Waals surface area contributed by atoms with E-state index in [1.54, 1.807) is 0 Å². The predicted molar refractivity (Wildman–Crippen MR) is 69.5 cm³/mol. The first-order valence-corrected chi connectivity index (χ1v) is 6.91. The highest BCUT2D eigenvalue weighted by Gasteiger charge is 2.31. The number of rotatable bonds is 9. The third-order valence-electron chi connectivity index (χ3n) is 3.06. The number of hydrogen-bond donors (Lipinski definition) is 2. The first kappa shape index (κ1) is 14.8. The summed E-state index contributed by atoms with van der Waals surface area (Å²) in [6.45, 7) is 3.55. The van der Waals surface area contributed by atoms with Crippen LogP contribution in [0.3, 0.4) is 0 Å². The minimum Gasteiger partial charge on any atom is -0.481 e. The summed E-state index contributed by atoms with van der Waals surface area (Å²) >= 11 is 0. The van der Waals surface area contributed by atoms with Crippen LogP contribution in [0, 0.1) is 0 Å². The average molecular weight is 256 g/mol. The molecule has 0 aliphatic heterocycles. The van der Waals surface area contributed by atoms with Crippen molar-refractivity contribution in [3.05, 3.63) is 0 Å². The van der Waals surface area contributed by atoms with Crippen molar-refractivity contribution in [2.24, 2.45) is 0 Å². The maximum atomic E-state index is 11.9. The van der Waals surface area contributed by atoms with E-state index >= 15 is 0 Å². The van der Waals surface area contributed by atoms with Crippen LogP contribution in [-0.4, -0.2) is 41.1 Å². The van der Waals surface area contributed by atoms with Gasteiger partial charge in [0.15, 0.2) is 0 Å². The SMILES string of the molecule is CCCN(C(=O)NCCCCCC(=O)O)C1CC1. The van der Waals surface area contributed by atoms with Gasteiger partial charge in [0.05, 0.1) is 0 Å². The number of urea groups is 1. The Bertz CT molecular complexity index is 277. The van der Waals surface area contributed by atoms with Gasteiger partial charge in [-0.15, -0.1) is 0 Å². The molecule has 0 spiro atoms. The van der Waals surface area contributed by atoms with Gasteiger partial charge in [0.2, 0.25) is 0 Å². The zero-order valence-corrected chi connectivity index (χ0v) is 11.2. The minimum atomic E-state index is -0.748. The van der Waals surface area contributed by atoms with Gasteiger partial charge in [0.1, 0.15) is 0 Å². The molecule has 0 unspecified atom stereocenters. The molecule has 104 valence electrons. The summed E-state index contributed by atoms with van der Waals surface area (Å²) in [4.78, 5) is 24.1. The van der Waals surface area contributed by atoms with Crippen LogP contribution in [0.5, 0.6) is 0 Å². The van der Waals surface area contributed by atoms with Gasteiger partial charge >= 0.3 is 12.0 Å². The molecule has 5 heteroatoms. The Morgan fingerprint density at radius 3 is 2.56 bits per heavy atom. The Labute approximate surface area is 109 Å². The van der Waals surface area contributed by atoms with Gasteiger partial charge in [0, 0.05) is 25.6 Å². The maximum Gasteiger partial charge on any atom is 0.317 e. The highest BCUT2D eigenvalue weighted by atomic mass is 16.4. The molecule has 1 aliphatic rings. The highest BCUT2D eigenvalue weighted by molar-refractivity contribution is 5.74. The van der Waals surface area contributed by atoms with E-state index in [4.69, 9.17) is 5.11 Å². The van der Waals surface area contributed by atoms with Crippen molar-refractivity contribution in [3.8, 4) is 0 Å². The lowest BCUT2D eigenvalue weighted by molar-refractivity contribution is -0.137. The molecule has 2 N–H and O–H groups in total. The Kier molecular flexibility index (Phi) is 6.54. The van der Waals surface area contributed by atoms with E-state index in [1.165, 1.54) is 0 Å². The maximum absolute atomic E-state index is 11.9. The molecule has 0 saturated heterocycles. The third-order valence-corrected chi connectivity index (χ3v) is 3.06. The lowest BCUT2D eigenvalue weighted by Gasteiger charge is -2.22. The van der Waals surface area contributed by atoms with E-state index < -0.39 is 5.97 Å². The second kappa shape index (κ2) is 7.95. The van der Waals surface area contributed by atoms with Crippen molar-refractivity contribution in [1.82, 2.24) is 10.2 Å². The molecule has 1 aliphatic carbocycles. The first-order valence-electron chi connectivity index (χ1n) is 6.91. The number of nitrogens with one attached hydrogen (secondary N) is 1. The van der Waals surface area contributed by atoms with Gasteiger partial charge in [0.25, 0.3) is 0 Å². The van der Waals surface area contributed by atoms with Crippen LogP contribution in [0.2, 0.25) is 0 Å². The number of nitrogens with zero attached hydrogens (tertiary/aromatic N) is 1.